The van der Waals surface area contributed by atoms with Crippen LogP contribution in [-0.2, 0) is 9.59 Å². The van der Waals surface area contributed by atoms with E-state index in [4.69, 9.17) is 8.83 Å². The van der Waals surface area contributed by atoms with E-state index in [1.165, 1.54) is 16.1 Å². The SMILES string of the molecule is O=C1C(=Cc2cc3oc(-c4ccccc4)nc3o2)C(=O)N(c2ccccc2)N1c1ccccc1. The van der Waals surface area contributed by atoms with Gasteiger partial charge in [0.1, 0.15) is 11.3 Å². The number of fused-ring (bicyclic) bond motifs is 1. The molecule has 1 aliphatic rings. The number of carbonyl (C=O) groups is 2. The average molecular weight is 447 g/mol. The lowest BCUT2D eigenvalue weighted by Crippen LogP contribution is -2.41. The number of rotatable bonds is 4. The van der Waals surface area contributed by atoms with Crippen molar-refractivity contribution in [2.45, 2.75) is 0 Å². The first-order chi connectivity index (χ1) is 16.7. The Morgan fingerprint density at radius 3 is 1.74 bits per heavy atom. The zero-order valence-electron chi connectivity index (χ0n) is 17.8. The Kier molecular flexibility index (Phi) is 4.59. The van der Waals surface area contributed by atoms with E-state index < -0.39 is 11.8 Å². The standard InChI is InChI=1S/C27H17N3O4/c31-26-22(16-21-17-23-25(33-21)28-24(34-23)18-10-4-1-5-11-18)27(32)30(20-14-8-3-9-15-20)29(26)19-12-6-2-7-13-19/h1-17H. The molecule has 0 bridgehead atoms. The molecule has 0 spiro atoms. The van der Waals surface area contributed by atoms with Gasteiger partial charge in [-0.15, -0.1) is 0 Å². The minimum atomic E-state index is -0.453. The van der Waals surface area contributed by atoms with Gasteiger partial charge in [-0.25, -0.2) is 10.0 Å². The van der Waals surface area contributed by atoms with Crippen molar-refractivity contribution < 1.29 is 18.4 Å². The molecule has 2 aromatic heterocycles. The van der Waals surface area contributed by atoms with E-state index in [1.54, 1.807) is 30.3 Å². The van der Waals surface area contributed by atoms with Crippen molar-refractivity contribution >= 4 is 40.6 Å². The highest BCUT2D eigenvalue weighted by Crippen LogP contribution is 2.33. The molecule has 3 heterocycles. The highest BCUT2D eigenvalue weighted by Gasteiger charge is 2.43. The average Bonchev–Trinajstić information content (AvgIpc) is 3.52. The summed E-state index contributed by atoms with van der Waals surface area (Å²) < 4.78 is 11.6. The van der Waals surface area contributed by atoms with Crippen molar-refractivity contribution in [1.29, 1.82) is 0 Å². The Morgan fingerprint density at radius 1 is 0.676 bits per heavy atom. The molecular weight excluding hydrogens is 430 g/mol. The normalized spacial score (nSPS) is 13.8. The highest BCUT2D eigenvalue weighted by molar-refractivity contribution is 6.37. The van der Waals surface area contributed by atoms with Crippen molar-refractivity contribution in [2.24, 2.45) is 0 Å². The van der Waals surface area contributed by atoms with Crippen LogP contribution in [0.4, 0.5) is 11.4 Å². The van der Waals surface area contributed by atoms with Crippen LogP contribution < -0.4 is 10.0 Å². The van der Waals surface area contributed by atoms with Crippen LogP contribution in [0, 0.1) is 0 Å². The van der Waals surface area contributed by atoms with Crippen LogP contribution in [0.25, 0.3) is 28.8 Å². The number of nitrogens with zero attached hydrogens (tertiary/aromatic N) is 3. The van der Waals surface area contributed by atoms with Crippen LogP contribution in [0.1, 0.15) is 5.76 Å². The summed E-state index contributed by atoms with van der Waals surface area (Å²) in [6.45, 7) is 0. The molecule has 34 heavy (non-hydrogen) atoms. The molecule has 7 heteroatoms. The summed E-state index contributed by atoms with van der Waals surface area (Å²) in [5.74, 6) is -0.162. The van der Waals surface area contributed by atoms with E-state index in [0.29, 0.717) is 34.3 Å². The van der Waals surface area contributed by atoms with Gasteiger partial charge in [-0.2, -0.15) is 4.98 Å². The highest BCUT2D eigenvalue weighted by atomic mass is 16.4. The maximum atomic E-state index is 13.4. The number of para-hydroxylation sites is 2. The van der Waals surface area contributed by atoms with Gasteiger partial charge in [-0.05, 0) is 42.5 Å². The van der Waals surface area contributed by atoms with Gasteiger partial charge in [0.05, 0.1) is 11.4 Å². The van der Waals surface area contributed by atoms with Crippen LogP contribution in [0.5, 0.6) is 0 Å². The second-order valence-electron chi connectivity index (χ2n) is 7.67. The molecule has 0 N–H and O–H groups in total. The monoisotopic (exact) mass is 447 g/mol. The van der Waals surface area contributed by atoms with Crippen molar-refractivity contribution in [3.8, 4) is 11.5 Å². The zero-order chi connectivity index (χ0) is 23.1. The molecule has 0 aliphatic carbocycles. The van der Waals surface area contributed by atoms with Gasteiger partial charge in [-0.3, -0.25) is 9.59 Å². The summed E-state index contributed by atoms with van der Waals surface area (Å²) in [7, 11) is 0. The minimum absolute atomic E-state index is 0.0209. The van der Waals surface area contributed by atoms with Crippen LogP contribution in [-0.4, -0.2) is 16.8 Å². The Balaban J connectivity index is 1.40. The number of amides is 2. The first-order valence-electron chi connectivity index (χ1n) is 10.7. The molecule has 3 aromatic carbocycles. The molecule has 1 fully saturated rings. The quantitative estimate of drug-likeness (QED) is 0.270. The third-order valence-electron chi connectivity index (χ3n) is 5.46. The number of furan rings is 1. The molecule has 5 aromatic rings. The fourth-order valence-electron chi connectivity index (χ4n) is 3.90. The van der Waals surface area contributed by atoms with Crippen molar-refractivity contribution in [2.75, 3.05) is 10.0 Å². The molecule has 7 nitrogen and oxygen atoms in total. The lowest BCUT2D eigenvalue weighted by atomic mass is 10.2. The van der Waals surface area contributed by atoms with Gasteiger partial charge >= 0.3 is 0 Å². The van der Waals surface area contributed by atoms with Crippen molar-refractivity contribution in [3.63, 3.8) is 0 Å². The molecule has 0 unspecified atom stereocenters. The zero-order valence-corrected chi connectivity index (χ0v) is 17.8. The van der Waals surface area contributed by atoms with E-state index in [9.17, 15) is 9.59 Å². The van der Waals surface area contributed by atoms with E-state index in [1.807, 2.05) is 66.7 Å². The number of oxazole rings is 1. The molecule has 1 saturated heterocycles. The Morgan fingerprint density at radius 2 is 1.21 bits per heavy atom. The van der Waals surface area contributed by atoms with Crippen LogP contribution in [0.3, 0.4) is 0 Å². The van der Waals surface area contributed by atoms with Gasteiger partial charge in [-0.1, -0.05) is 54.6 Å². The third kappa shape index (κ3) is 3.27. The molecule has 0 radical (unpaired) electrons. The molecular formula is C27H17N3O4. The number of hydrogen-bond donors (Lipinski definition) is 0. The maximum Gasteiger partial charge on any atom is 0.283 e. The third-order valence-corrected chi connectivity index (χ3v) is 5.46. The Labute approximate surface area is 194 Å². The first kappa shape index (κ1) is 19.8. The van der Waals surface area contributed by atoms with E-state index >= 15 is 0 Å². The molecule has 1 aliphatic heterocycles. The van der Waals surface area contributed by atoms with Gasteiger partial charge in [0.2, 0.25) is 5.89 Å². The fourth-order valence-corrected chi connectivity index (χ4v) is 3.90. The molecule has 0 saturated carbocycles. The molecule has 2 amide bonds. The predicted molar refractivity (Wildman–Crippen MR) is 128 cm³/mol. The predicted octanol–water partition coefficient (Wildman–Crippen LogP) is 5.47. The second-order valence-corrected chi connectivity index (χ2v) is 7.67. The van der Waals surface area contributed by atoms with Gasteiger partial charge in [0.25, 0.3) is 17.5 Å². The lowest BCUT2D eigenvalue weighted by Gasteiger charge is -2.27. The maximum absolute atomic E-state index is 13.4. The number of carbonyl (C=O) groups excluding carboxylic acids is 2. The summed E-state index contributed by atoms with van der Waals surface area (Å²) in [4.78, 5) is 31.2. The largest absolute Gasteiger partial charge is 0.436 e. The number of benzene rings is 3. The minimum Gasteiger partial charge on any atom is -0.436 e. The van der Waals surface area contributed by atoms with E-state index in [-0.39, 0.29) is 5.57 Å². The summed E-state index contributed by atoms with van der Waals surface area (Å²) in [6.07, 6.45) is 1.43. The lowest BCUT2D eigenvalue weighted by molar-refractivity contribution is -0.116. The molecule has 0 atom stereocenters. The number of hydrogen-bond acceptors (Lipinski definition) is 5. The van der Waals surface area contributed by atoms with Gasteiger partial charge in [0.15, 0.2) is 5.58 Å². The number of anilines is 2. The second kappa shape index (κ2) is 7.90. The summed E-state index contributed by atoms with van der Waals surface area (Å²) in [6, 6.07) is 29.2. The number of hydrazine groups is 1. The first-order valence-corrected chi connectivity index (χ1v) is 10.7. The van der Waals surface area contributed by atoms with Crippen LogP contribution >= 0.6 is 0 Å². The Hall–Kier alpha value is -4.91. The van der Waals surface area contributed by atoms with E-state index in [0.717, 1.165) is 5.56 Å². The van der Waals surface area contributed by atoms with Crippen molar-refractivity contribution in [1.82, 2.24) is 4.98 Å². The topological polar surface area (TPSA) is 79.8 Å². The molecule has 6 rings (SSSR count). The molecule has 164 valence electrons. The number of aromatic nitrogens is 1. The smallest absolute Gasteiger partial charge is 0.283 e. The summed E-state index contributed by atoms with van der Waals surface area (Å²) in [5, 5.41) is 2.73. The van der Waals surface area contributed by atoms with Gasteiger partial charge < -0.3 is 8.83 Å². The summed E-state index contributed by atoms with van der Waals surface area (Å²) in [5.41, 5.74) is 2.69. The summed E-state index contributed by atoms with van der Waals surface area (Å²) >= 11 is 0. The van der Waals surface area contributed by atoms with Gasteiger partial charge in [0, 0.05) is 11.6 Å². The Bertz CT molecular complexity index is 1450. The fraction of sp³-hybridized carbons (Fsp3) is 0. The van der Waals surface area contributed by atoms with Crippen molar-refractivity contribution in [3.05, 3.63) is 108 Å². The van der Waals surface area contributed by atoms with E-state index in [2.05, 4.69) is 4.98 Å². The van der Waals surface area contributed by atoms with Crippen LogP contribution in [0.2, 0.25) is 0 Å². The van der Waals surface area contributed by atoms with Crippen LogP contribution in [0.15, 0.2) is 111 Å².